The van der Waals surface area contributed by atoms with Crippen molar-refractivity contribution in [3.05, 3.63) is 87.8 Å². The summed E-state index contributed by atoms with van der Waals surface area (Å²) in [7, 11) is 0. The summed E-state index contributed by atoms with van der Waals surface area (Å²) in [5, 5.41) is 1.57. The van der Waals surface area contributed by atoms with Gasteiger partial charge in [-0.1, -0.05) is 48.9 Å². The predicted molar refractivity (Wildman–Crippen MR) is 121 cm³/mol. The molecule has 2 aromatic heterocycles. The third-order valence-corrected chi connectivity index (χ3v) is 5.44. The fourth-order valence-corrected chi connectivity index (χ4v) is 3.88. The Hall–Kier alpha value is -3.51. The number of rotatable bonds is 5. The molecule has 0 unspecified atom stereocenters. The smallest absolute Gasteiger partial charge is 0.259 e. The molecule has 6 nitrogen and oxygen atoms in total. The van der Waals surface area contributed by atoms with Gasteiger partial charge in [-0.3, -0.25) is 23.5 Å². The van der Waals surface area contributed by atoms with Gasteiger partial charge in [-0.25, -0.2) is 4.98 Å². The van der Waals surface area contributed by atoms with Gasteiger partial charge in [-0.15, -0.1) is 0 Å². The maximum Gasteiger partial charge on any atom is 0.259 e. The number of nitrogens with zero attached hydrogens (tertiary/aromatic N) is 3. The van der Waals surface area contributed by atoms with Crippen molar-refractivity contribution in [2.75, 3.05) is 0 Å². The molecule has 0 amide bonds. The van der Waals surface area contributed by atoms with Crippen LogP contribution in [0, 0.1) is 0 Å². The first-order chi connectivity index (χ1) is 14.9. The number of imidazole rings is 1. The van der Waals surface area contributed by atoms with Crippen LogP contribution in [0.4, 0.5) is 0 Å². The normalized spacial score (nSPS) is 11.1. The summed E-state index contributed by atoms with van der Waals surface area (Å²) in [5.41, 5.74) is 1.99. The minimum Gasteiger partial charge on any atom is -0.298 e. The van der Waals surface area contributed by atoms with E-state index >= 15 is 0 Å². The molecule has 0 N–H and O–H groups in total. The van der Waals surface area contributed by atoms with Crippen LogP contribution in [0.5, 0.6) is 0 Å². The van der Waals surface area contributed by atoms with Gasteiger partial charge in [-0.2, -0.15) is 0 Å². The number of aromatic nitrogens is 3. The fraction of sp³-hybridized carbons (Fsp3) is 0.167. The molecule has 0 atom stereocenters. The fourth-order valence-electron chi connectivity index (χ4n) is 3.70. The van der Waals surface area contributed by atoms with Gasteiger partial charge in [0.1, 0.15) is 6.33 Å². The van der Waals surface area contributed by atoms with Crippen LogP contribution in [0.15, 0.2) is 65.8 Å². The number of benzene rings is 2. The number of hydrogen-bond acceptors (Lipinski definition) is 4. The van der Waals surface area contributed by atoms with E-state index in [-0.39, 0.29) is 30.2 Å². The van der Waals surface area contributed by atoms with E-state index in [1.165, 1.54) is 22.4 Å². The van der Waals surface area contributed by atoms with Gasteiger partial charge in [0.25, 0.3) is 5.56 Å². The van der Waals surface area contributed by atoms with E-state index in [0.717, 1.165) is 5.56 Å². The summed E-state index contributed by atoms with van der Waals surface area (Å²) >= 11 is 6.26. The number of Topliss-reactive ketones (excluding diaryl/α,β-unsaturated/α-hetero) is 1. The van der Waals surface area contributed by atoms with Gasteiger partial charge in [0.2, 0.25) is 5.91 Å². The molecule has 0 fully saturated rings. The Bertz CT molecular complexity index is 1370. The van der Waals surface area contributed by atoms with E-state index in [0.29, 0.717) is 32.7 Å². The van der Waals surface area contributed by atoms with E-state index in [2.05, 4.69) is 4.98 Å². The monoisotopic (exact) mass is 433 g/mol. The Morgan fingerprint density at radius 2 is 1.81 bits per heavy atom. The van der Waals surface area contributed by atoms with Gasteiger partial charge in [0.15, 0.2) is 5.78 Å². The van der Waals surface area contributed by atoms with Gasteiger partial charge >= 0.3 is 0 Å². The zero-order chi connectivity index (χ0) is 22.1. The molecular weight excluding hydrogens is 414 g/mol. The van der Waals surface area contributed by atoms with Crippen molar-refractivity contribution in [1.82, 2.24) is 14.1 Å². The summed E-state index contributed by atoms with van der Waals surface area (Å²) < 4.78 is 2.80. The van der Waals surface area contributed by atoms with E-state index < -0.39 is 0 Å². The Morgan fingerprint density at radius 3 is 2.45 bits per heavy atom. The number of carbonyl (C=O) groups excluding carboxylic acids is 2. The van der Waals surface area contributed by atoms with Crippen LogP contribution in [0.25, 0.3) is 21.9 Å². The van der Waals surface area contributed by atoms with E-state index in [1.807, 2.05) is 30.3 Å². The lowest BCUT2D eigenvalue weighted by molar-refractivity contribution is 0.0934. The Morgan fingerprint density at radius 1 is 1.06 bits per heavy atom. The summed E-state index contributed by atoms with van der Waals surface area (Å²) in [6.45, 7) is 3.26. The lowest BCUT2D eigenvalue weighted by atomic mass is 9.94. The summed E-state index contributed by atoms with van der Waals surface area (Å²) in [4.78, 5) is 42.5. The average Bonchev–Trinajstić information content (AvgIpc) is 3.24. The van der Waals surface area contributed by atoms with Crippen LogP contribution in [-0.4, -0.2) is 25.8 Å². The van der Waals surface area contributed by atoms with Crippen molar-refractivity contribution >= 4 is 34.1 Å². The first-order valence-electron chi connectivity index (χ1n) is 9.89. The third-order valence-electron chi connectivity index (χ3n) is 5.20. The molecular formula is C24H20ClN3O3. The molecule has 0 radical (unpaired) electrons. The Balaban J connectivity index is 2.08. The molecule has 4 rings (SSSR count). The maximum atomic E-state index is 13.5. The molecule has 2 aromatic carbocycles. The van der Waals surface area contributed by atoms with Gasteiger partial charge < -0.3 is 0 Å². The van der Waals surface area contributed by atoms with Crippen LogP contribution in [0.1, 0.15) is 41.2 Å². The molecule has 0 saturated heterocycles. The average molecular weight is 434 g/mol. The van der Waals surface area contributed by atoms with Crippen molar-refractivity contribution < 1.29 is 9.59 Å². The molecule has 31 heavy (non-hydrogen) atoms. The quantitative estimate of drug-likeness (QED) is 0.423. The van der Waals surface area contributed by atoms with Gasteiger partial charge in [0, 0.05) is 35.5 Å². The van der Waals surface area contributed by atoms with Crippen LogP contribution in [0.3, 0.4) is 0 Å². The molecule has 0 aliphatic heterocycles. The van der Waals surface area contributed by atoms with Gasteiger partial charge in [-0.05, 0) is 29.1 Å². The molecule has 0 spiro atoms. The standard InChI is InChI=1S/C24H20ClN3O3/c1-3-21(30)23-22(16-7-5-4-6-8-16)20-11-17(25)9-10-19(20)24(31)28(23)13-18-12-27(14-26-18)15(2)29/h4-12,14H,3,13H2,1-2H3. The predicted octanol–water partition coefficient (Wildman–Crippen LogP) is 4.82. The van der Waals surface area contributed by atoms with Crippen LogP contribution < -0.4 is 5.56 Å². The highest BCUT2D eigenvalue weighted by atomic mass is 35.5. The molecule has 0 aliphatic rings. The van der Waals surface area contributed by atoms with E-state index in [9.17, 15) is 14.4 Å². The number of halogens is 1. The molecule has 7 heteroatoms. The number of fused-ring (bicyclic) bond motifs is 1. The first kappa shape index (κ1) is 20.8. The minimum atomic E-state index is -0.305. The van der Waals surface area contributed by atoms with Crippen molar-refractivity contribution in [2.45, 2.75) is 26.8 Å². The molecule has 156 valence electrons. The van der Waals surface area contributed by atoms with Gasteiger partial charge in [0.05, 0.1) is 17.9 Å². The number of ketones is 1. The third kappa shape index (κ3) is 3.82. The van der Waals surface area contributed by atoms with E-state index in [4.69, 9.17) is 11.6 Å². The second-order valence-corrected chi connectivity index (χ2v) is 7.68. The minimum absolute atomic E-state index is 0.0680. The SMILES string of the molecule is CCC(=O)c1c(-c2ccccc2)c2cc(Cl)ccc2c(=O)n1Cc1cn(C(C)=O)cn1. The zero-order valence-corrected chi connectivity index (χ0v) is 17.9. The summed E-state index contributed by atoms with van der Waals surface area (Å²) in [6, 6.07) is 14.5. The van der Waals surface area contributed by atoms with Crippen LogP contribution >= 0.6 is 11.6 Å². The zero-order valence-electron chi connectivity index (χ0n) is 17.1. The number of pyridine rings is 1. The Labute approximate surface area is 183 Å². The topological polar surface area (TPSA) is 74.0 Å². The highest BCUT2D eigenvalue weighted by Gasteiger charge is 2.23. The summed E-state index contributed by atoms with van der Waals surface area (Å²) in [5.74, 6) is -0.349. The van der Waals surface area contributed by atoms with Crippen molar-refractivity contribution in [3.8, 4) is 11.1 Å². The van der Waals surface area contributed by atoms with Crippen molar-refractivity contribution in [2.24, 2.45) is 0 Å². The largest absolute Gasteiger partial charge is 0.298 e. The molecule has 0 aliphatic carbocycles. The lowest BCUT2D eigenvalue weighted by Gasteiger charge is -2.19. The summed E-state index contributed by atoms with van der Waals surface area (Å²) in [6.07, 6.45) is 3.21. The van der Waals surface area contributed by atoms with Crippen LogP contribution in [0.2, 0.25) is 5.02 Å². The van der Waals surface area contributed by atoms with E-state index in [1.54, 1.807) is 31.3 Å². The second kappa shape index (κ2) is 8.32. The molecule has 2 heterocycles. The highest BCUT2D eigenvalue weighted by molar-refractivity contribution is 6.31. The first-order valence-corrected chi connectivity index (χ1v) is 10.3. The Kier molecular flexibility index (Phi) is 5.57. The molecule has 0 bridgehead atoms. The van der Waals surface area contributed by atoms with Crippen molar-refractivity contribution in [3.63, 3.8) is 0 Å². The van der Waals surface area contributed by atoms with Crippen molar-refractivity contribution in [1.29, 1.82) is 0 Å². The lowest BCUT2D eigenvalue weighted by Crippen LogP contribution is -2.28. The number of hydrogen-bond donors (Lipinski definition) is 0. The number of carbonyl (C=O) groups is 2. The maximum absolute atomic E-state index is 13.5. The highest BCUT2D eigenvalue weighted by Crippen LogP contribution is 2.33. The molecule has 4 aromatic rings. The molecule has 0 saturated carbocycles. The second-order valence-electron chi connectivity index (χ2n) is 7.24. The van der Waals surface area contributed by atoms with Crippen LogP contribution in [-0.2, 0) is 6.54 Å².